The molecular formula is C11H19N5S. The first-order chi connectivity index (χ1) is 8.15. The van der Waals surface area contributed by atoms with Crippen molar-refractivity contribution in [2.45, 2.75) is 38.0 Å². The van der Waals surface area contributed by atoms with Crippen LogP contribution < -0.4 is 5.32 Å². The molecule has 1 aliphatic heterocycles. The number of nitrogens with zero attached hydrogens (tertiary/aromatic N) is 4. The van der Waals surface area contributed by atoms with Crippen LogP contribution in [0.15, 0.2) is 11.3 Å². The second kappa shape index (κ2) is 5.53. The zero-order chi connectivity index (χ0) is 12.3. The number of nitrogens with one attached hydrogen (secondary N) is 1. The first-order valence-electron chi connectivity index (χ1n) is 5.95. The minimum Gasteiger partial charge on any atom is -0.362 e. The van der Waals surface area contributed by atoms with E-state index >= 15 is 0 Å². The summed E-state index contributed by atoms with van der Waals surface area (Å²) in [5.41, 5.74) is 0. The van der Waals surface area contributed by atoms with Gasteiger partial charge < -0.3 is 9.88 Å². The lowest BCUT2D eigenvalue weighted by molar-refractivity contribution is 0.597. The normalized spacial score (nSPS) is 27.1. The standard InChI is InChI=1S/C11H19N5S/c1-8-6-9(2)17-11(14-8)12-5-4-10-15-13-7-16(10)3/h7-9H,4-6H2,1-3H3,(H,12,14). The van der Waals surface area contributed by atoms with Crippen molar-refractivity contribution in [1.82, 2.24) is 20.1 Å². The Kier molecular flexibility index (Phi) is 4.04. The minimum absolute atomic E-state index is 0.528. The SMILES string of the molecule is CC1CC(C)SC(=NCCc2nncn2C)N1. The molecule has 1 aromatic rings. The third-order valence-electron chi connectivity index (χ3n) is 2.76. The Morgan fingerprint density at radius 3 is 3.06 bits per heavy atom. The second-order valence-electron chi connectivity index (χ2n) is 4.50. The minimum atomic E-state index is 0.528. The maximum Gasteiger partial charge on any atom is 0.157 e. The second-order valence-corrected chi connectivity index (χ2v) is 5.93. The Hall–Kier alpha value is -1.04. The first-order valence-corrected chi connectivity index (χ1v) is 6.83. The van der Waals surface area contributed by atoms with Crippen LogP contribution in [0.25, 0.3) is 0 Å². The molecule has 0 aliphatic carbocycles. The quantitative estimate of drug-likeness (QED) is 0.880. The lowest BCUT2D eigenvalue weighted by Gasteiger charge is -2.26. The summed E-state index contributed by atoms with van der Waals surface area (Å²) in [5.74, 6) is 0.983. The fraction of sp³-hybridized carbons (Fsp3) is 0.727. The van der Waals surface area contributed by atoms with E-state index in [2.05, 4.69) is 34.4 Å². The Labute approximate surface area is 106 Å². The number of amidine groups is 1. The molecule has 94 valence electrons. The van der Waals surface area contributed by atoms with E-state index in [1.54, 1.807) is 6.33 Å². The summed E-state index contributed by atoms with van der Waals surface area (Å²) in [6.07, 6.45) is 3.76. The molecule has 5 nitrogen and oxygen atoms in total. The summed E-state index contributed by atoms with van der Waals surface area (Å²) in [7, 11) is 1.96. The number of aliphatic imine (C=N–C) groups is 1. The molecule has 2 heterocycles. The van der Waals surface area contributed by atoms with Crippen molar-refractivity contribution in [1.29, 1.82) is 0 Å². The predicted molar refractivity (Wildman–Crippen MR) is 71.3 cm³/mol. The van der Waals surface area contributed by atoms with Gasteiger partial charge in [0.2, 0.25) is 0 Å². The molecule has 1 fully saturated rings. The summed E-state index contributed by atoms with van der Waals surface area (Å²) < 4.78 is 1.94. The van der Waals surface area contributed by atoms with Gasteiger partial charge in [0, 0.05) is 31.3 Å². The van der Waals surface area contributed by atoms with Crippen LogP contribution >= 0.6 is 11.8 Å². The molecule has 0 spiro atoms. The van der Waals surface area contributed by atoms with E-state index in [-0.39, 0.29) is 0 Å². The predicted octanol–water partition coefficient (Wildman–Crippen LogP) is 1.22. The van der Waals surface area contributed by atoms with Crippen LogP contribution in [0.5, 0.6) is 0 Å². The molecule has 0 radical (unpaired) electrons. The average molecular weight is 253 g/mol. The van der Waals surface area contributed by atoms with Crippen LogP contribution in [-0.2, 0) is 13.5 Å². The third kappa shape index (κ3) is 3.46. The zero-order valence-corrected chi connectivity index (χ0v) is 11.4. The van der Waals surface area contributed by atoms with E-state index in [1.807, 2.05) is 23.4 Å². The highest BCUT2D eigenvalue weighted by molar-refractivity contribution is 8.14. The van der Waals surface area contributed by atoms with Crippen molar-refractivity contribution in [3.63, 3.8) is 0 Å². The number of aromatic nitrogens is 3. The Morgan fingerprint density at radius 2 is 2.41 bits per heavy atom. The van der Waals surface area contributed by atoms with Gasteiger partial charge in [0.05, 0.1) is 0 Å². The zero-order valence-electron chi connectivity index (χ0n) is 10.6. The van der Waals surface area contributed by atoms with Gasteiger partial charge in [-0.05, 0) is 13.3 Å². The highest BCUT2D eigenvalue weighted by Crippen LogP contribution is 2.22. The molecule has 0 amide bonds. The molecule has 2 unspecified atom stereocenters. The van der Waals surface area contributed by atoms with Crippen molar-refractivity contribution in [3.8, 4) is 0 Å². The molecule has 0 aromatic carbocycles. The van der Waals surface area contributed by atoms with Gasteiger partial charge in [-0.2, -0.15) is 0 Å². The molecular weight excluding hydrogens is 234 g/mol. The van der Waals surface area contributed by atoms with E-state index < -0.39 is 0 Å². The molecule has 2 atom stereocenters. The van der Waals surface area contributed by atoms with E-state index in [0.29, 0.717) is 11.3 Å². The topological polar surface area (TPSA) is 55.1 Å². The smallest absolute Gasteiger partial charge is 0.157 e. The van der Waals surface area contributed by atoms with Crippen LogP contribution in [-0.4, -0.2) is 37.8 Å². The van der Waals surface area contributed by atoms with Crippen LogP contribution in [0, 0.1) is 0 Å². The average Bonchev–Trinajstić information content (AvgIpc) is 2.63. The van der Waals surface area contributed by atoms with Crippen molar-refractivity contribution < 1.29 is 0 Å². The first kappa shape index (κ1) is 12.4. The molecule has 0 saturated carbocycles. The molecule has 1 aliphatic rings. The van der Waals surface area contributed by atoms with Crippen LogP contribution in [0.1, 0.15) is 26.1 Å². The molecule has 17 heavy (non-hydrogen) atoms. The van der Waals surface area contributed by atoms with Gasteiger partial charge in [-0.15, -0.1) is 10.2 Å². The van der Waals surface area contributed by atoms with Crippen LogP contribution in [0.4, 0.5) is 0 Å². The summed E-state index contributed by atoms with van der Waals surface area (Å²) in [5, 5.41) is 13.0. The summed E-state index contributed by atoms with van der Waals surface area (Å²) in [4.78, 5) is 4.59. The van der Waals surface area contributed by atoms with Gasteiger partial charge in [-0.25, -0.2) is 0 Å². The third-order valence-corrected chi connectivity index (χ3v) is 3.83. The molecule has 6 heteroatoms. The number of aryl methyl sites for hydroxylation is 1. The van der Waals surface area contributed by atoms with Crippen LogP contribution in [0.3, 0.4) is 0 Å². The van der Waals surface area contributed by atoms with Gasteiger partial charge in [-0.3, -0.25) is 4.99 Å². The van der Waals surface area contributed by atoms with Crippen molar-refractivity contribution >= 4 is 16.9 Å². The van der Waals surface area contributed by atoms with Crippen LogP contribution in [0.2, 0.25) is 0 Å². The Balaban J connectivity index is 1.86. The van der Waals surface area contributed by atoms with Crippen molar-refractivity contribution in [2.24, 2.45) is 12.0 Å². The van der Waals surface area contributed by atoms with Crippen molar-refractivity contribution in [3.05, 3.63) is 12.2 Å². The van der Waals surface area contributed by atoms with E-state index in [9.17, 15) is 0 Å². The number of thioether (sulfide) groups is 1. The lowest BCUT2D eigenvalue weighted by Crippen LogP contribution is -2.38. The molecule has 0 bridgehead atoms. The largest absolute Gasteiger partial charge is 0.362 e. The van der Waals surface area contributed by atoms with Gasteiger partial charge >= 0.3 is 0 Å². The monoisotopic (exact) mass is 253 g/mol. The Morgan fingerprint density at radius 1 is 1.59 bits per heavy atom. The fourth-order valence-electron chi connectivity index (χ4n) is 1.91. The van der Waals surface area contributed by atoms with Crippen molar-refractivity contribution in [2.75, 3.05) is 6.54 Å². The fourth-order valence-corrected chi connectivity index (χ4v) is 3.12. The molecule has 1 saturated heterocycles. The van der Waals surface area contributed by atoms with Gasteiger partial charge in [0.15, 0.2) is 5.17 Å². The van der Waals surface area contributed by atoms with Gasteiger partial charge in [-0.1, -0.05) is 18.7 Å². The molecule has 2 rings (SSSR count). The maximum atomic E-state index is 4.59. The summed E-state index contributed by atoms with van der Waals surface area (Å²) in [6, 6.07) is 0.528. The highest BCUT2D eigenvalue weighted by Gasteiger charge is 2.19. The maximum absolute atomic E-state index is 4.59. The van der Waals surface area contributed by atoms with Gasteiger partial charge in [0.25, 0.3) is 0 Å². The van der Waals surface area contributed by atoms with E-state index in [1.165, 1.54) is 6.42 Å². The van der Waals surface area contributed by atoms with Gasteiger partial charge in [0.1, 0.15) is 12.2 Å². The number of hydrogen-bond donors (Lipinski definition) is 1. The number of rotatable bonds is 3. The molecule has 1 aromatic heterocycles. The summed E-state index contributed by atoms with van der Waals surface area (Å²) >= 11 is 1.83. The lowest BCUT2D eigenvalue weighted by atomic mass is 10.2. The molecule has 1 N–H and O–H groups in total. The number of hydrogen-bond acceptors (Lipinski definition) is 4. The summed E-state index contributed by atoms with van der Waals surface area (Å²) in [6.45, 7) is 5.22. The van der Waals surface area contributed by atoms with E-state index in [0.717, 1.165) is 24.0 Å². The Bertz CT molecular complexity index is 388. The highest BCUT2D eigenvalue weighted by atomic mass is 32.2. The van der Waals surface area contributed by atoms with E-state index in [4.69, 9.17) is 0 Å².